The van der Waals surface area contributed by atoms with E-state index >= 15 is 0 Å². The molecule has 0 atom stereocenters. The van der Waals surface area contributed by atoms with Crippen molar-refractivity contribution in [2.75, 3.05) is 0 Å². The van der Waals surface area contributed by atoms with Crippen molar-refractivity contribution in [3.63, 3.8) is 0 Å². The van der Waals surface area contributed by atoms with Gasteiger partial charge in [0.15, 0.2) is 0 Å². The molecular formula is C17H20N4O5. The van der Waals surface area contributed by atoms with Gasteiger partial charge in [0.1, 0.15) is 5.54 Å². The monoisotopic (exact) mass is 360 g/mol. The smallest absolute Gasteiger partial charge is 0.322 e. The molecular weight excluding hydrogens is 340 g/mol. The molecule has 2 aliphatic rings. The van der Waals surface area contributed by atoms with E-state index in [2.05, 4.69) is 17.7 Å². The summed E-state index contributed by atoms with van der Waals surface area (Å²) in [5.74, 6) is -0.637. The van der Waals surface area contributed by atoms with Crippen LogP contribution in [0.5, 0.6) is 0 Å². The third-order valence-electron chi connectivity index (χ3n) is 5.07. The van der Waals surface area contributed by atoms with Gasteiger partial charge in [0, 0.05) is 11.6 Å². The van der Waals surface area contributed by atoms with Gasteiger partial charge in [-0.2, -0.15) is 5.01 Å². The van der Waals surface area contributed by atoms with Crippen LogP contribution in [0.2, 0.25) is 0 Å². The van der Waals surface area contributed by atoms with Crippen molar-refractivity contribution in [1.29, 1.82) is 0 Å². The summed E-state index contributed by atoms with van der Waals surface area (Å²) >= 11 is 0. The van der Waals surface area contributed by atoms with E-state index in [0.29, 0.717) is 23.8 Å². The van der Waals surface area contributed by atoms with Crippen LogP contribution in [0.25, 0.3) is 0 Å². The topological polar surface area (TPSA) is 122 Å². The Morgan fingerprint density at radius 1 is 1.35 bits per heavy atom. The Kier molecular flexibility index (Phi) is 4.62. The maximum atomic E-state index is 12.7. The average Bonchev–Trinajstić information content (AvgIpc) is 2.82. The molecule has 1 heterocycles. The number of benzene rings is 1. The van der Waals surface area contributed by atoms with E-state index in [4.69, 9.17) is 0 Å². The lowest BCUT2D eigenvalue weighted by Crippen LogP contribution is -2.51. The number of nitrogens with one attached hydrogen (secondary N) is 2. The summed E-state index contributed by atoms with van der Waals surface area (Å²) in [7, 11) is 0. The van der Waals surface area contributed by atoms with Crippen LogP contribution >= 0.6 is 0 Å². The first-order chi connectivity index (χ1) is 12.3. The quantitative estimate of drug-likeness (QED) is 0.480. The molecule has 4 amide bonds. The molecule has 1 aromatic carbocycles. The van der Waals surface area contributed by atoms with Gasteiger partial charge in [0.25, 0.3) is 11.6 Å². The second-order valence-corrected chi connectivity index (χ2v) is 6.93. The molecule has 1 aromatic rings. The predicted molar refractivity (Wildman–Crippen MR) is 90.7 cm³/mol. The summed E-state index contributed by atoms with van der Waals surface area (Å²) in [6.45, 7) is 2.10. The lowest BCUT2D eigenvalue weighted by atomic mass is 9.77. The van der Waals surface area contributed by atoms with Crippen LogP contribution < -0.4 is 10.7 Å². The van der Waals surface area contributed by atoms with Crippen LogP contribution in [0.3, 0.4) is 0 Å². The van der Waals surface area contributed by atoms with Crippen molar-refractivity contribution in [2.45, 2.75) is 44.6 Å². The van der Waals surface area contributed by atoms with E-state index in [1.165, 1.54) is 18.2 Å². The van der Waals surface area contributed by atoms with Crippen molar-refractivity contribution < 1.29 is 19.3 Å². The highest BCUT2D eigenvalue weighted by molar-refractivity contribution is 6.08. The Morgan fingerprint density at radius 2 is 2.00 bits per heavy atom. The molecule has 2 fully saturated rings. The lowest BCUT2D eigenvalue weighted by Gasteiger charge is -2.33. The molecule has 138 valence electrons. The van der Waals surface area contributed by atoms with Crippen LogP contribution in [0.4, 0.5) is 10.5 Å². The molecule has 0 bridgehead atoms. The van der Waals surface area contributed by atoms with Crippen molar-refractivity contribution in [1.82, 2.24) is 15.8 Å². The second-order valence-electron chi connectivity index (χ2n) is 6.93. The third kappa shape index (κ3) is 3.24. The number of carbonyl (C=O) groups excluding carboxylic acids is 3. The maximum absolute atomic E-state index is 12.7. The zero-order valence-electron chi connectivity index (χ0n) is 14.4. The van der Waals surface area contributed by atoms with Crippen LogP contribution in [0.15, 0.2) is 24.3 Å². The average molecular weight is 360 g/mol. The Morgan fingerprint density at radius 3 is 2.65 bits per heavy atom. The first-order valence-corrected chi connectivity index (χ1v) is 8.51. The molecule has 0 aromatic heterocycles. The van der Waals surface area contributed by atoms with Crippen molar-refractivity contribution in [2.24, 2.45) is 5.92 Å². The number of nitro groups is 1. The summed E-state index contributed by atoms with van der Waals surface area (Å²) in [5, 5.41) is 14.4. The van der Waals surface area contributed by atoms with Gasteiger partial charge < -0.3 is 5.32 Å². The fraction of sp³-hybridized carbons (Fsp3) is 0.471. The fourth-order valence-corrected chi connectivity index (χ4v) is 3.49. The number of para-hydroxylation sites is 1. The van der Waals surface area contributed by atoms with Crippen molar-refractivity contribution in [3.8, 4) is 0 Å². The van der Waals surface area contributed by atoms with E-state index in [1.807, 2.05) is 0 Å². The Labute approximate surface area is 149 Å². The number of amides is 4. The van der Waals surface area contributed by atoms with Crippen LogP contribution in [-0.2, 0) is 16.0 Å². The summed E-state index contributed by atoms with van der Waals surface area (Å²) in [5.41, 5.74) is 1.37. The van der Waals surface area contributed by atoms with Gasteiger partial charge in [-0.15, -0.1) is 0 Å². The largest absolute Gasteiger partial charge is 0.344 e. The number of hydrogen-bond acceptors (Lipinski definition) is 5. The number of carbonyl (C=O) groups is 3. The number of urea groups is 1. The molecule has 3 rings (SSSR count). The minimum absolute atomic E-state index is 0.183. The van der Waals surface area contributed by atoms with Gasteiger partial charge in [-0.1, -0.05) is 25.1 Å². The SMILES string of the molecule is CC1CCC2(CC1)NC(=O)N(NC(=O)Cc1ccccc1[N+](=O)[O-])C2=O. The Hall–Kier alpha value is -2.97. The summed E-state index contributed by atoms with van der Waals surface area (Å²) in [6, 6.07) is 5.19. The highest BCUT2D eigenvalue weighted by atomic mass is 16.6. The number of nitro benzene ring substituents is 1. The summed E-state index contributed by atoms with van der Waals surface area (Å²) < 4.78 is 0. The molecule has 0 unspecified atom stereocenters. The first kappa shape index (κ1) is 17.8. The van der Waals surface area contributed by atoms with Crippen LogP contribution in [0.1, 0.15) is 38.2 Å². The number of nitrogens with zero attached hydrogens (tertiary/aromatic N) is 2. The highest BCUT2D eigenvalue weighted by Crippen LogP contribution is 2.35. The van der Waals surface area contributed by atoms with Crippen molar-refractivity contribution >= 4 is 23.5 Å². The van der Waals surface area contributed by atoms with Crippen molar-refractivity contribution in [3.05, 3.63) is 39.9 Å². The highest BCUT2D eigenvalue weighted by Gasteiger charge is 2.52. The number of imide groups is 1. The van der Waals surface area contributed by atoms with Gasteiger partial charge in [0.05, 0.1) is 11.3 Å². The molecule has 1 aliphatic heterocycles. The molecule has 26 heavy (non-hydrogen) atoms. The molecule has 1 aliphatic carbocycles. The van der Waals surface area contributed by atoms with Gasteiger partial charge in [0.2, 0.25) is 5.91 Å². The zero-order valence-corrected chi connectivity index (χ0v) is 14.4. The van der Waals surface area contributed by atoms with E-state index in [-0.39, 0.29) is 17.7 Å². The van der Waals surface area contributed by atoms with E-state index in [1.54, 1.807) is 6.07 Å². The minimum atomic E-state index is -0.949. The second kappa shape index (κ2) is 6.74. The Bertz CT molecular complexity index is 770. The zero-order chi connectivity index (χ0) is 18.9. The maximum Gasteiger partial charge on any atom is 0.344 e. The molecule has 1 saturated heterocycles. The van der Waals surface area contributed by atoms with E-state index in [0.717, 1.165) is 12.8 Å². The van der Waals surface area contributed by atoms with Gasteiger partial charge >= 0.3 is 6.03 Å². The molecule has 0 radical (unpaired) electrons. The molecule has 9 nitrogen and oxygen atoms in total. The summed E-state index contributed by atoms with van der Waals surface area (Å²) in [6.07, 6.45) is 2.41. The fourth-order valence-electron chi connectivity index (χ4n) is 3.49. The standard InChI is InChI=1S/C17H20N4O5/c1-11-6-8-17(9-7-11)15(23)20(16(24)18-17)19-14(22)10-12-4-2-3-5-13(12)21(25)26/h2-5,11H,6-10H2,1H3,(H,18,24)(H,19,22). The van der Waals surface area contributed by atoms with Crippen LogP contribution in [-0.4, -0.2) is 33.3 Å². The number of rotatable bonds is 4. The predicted octanol–water partition coefficient (Wildman–Crippen LogP) is 1.67. The van der Waals surface area contributed by atoms with Crippen LogP contribution in [0, 0.1) is 16.0 Å². The molecule has 9 heteroatoms. The summed E-state index contributed by atoms with van der Waals surface area (Å²) in [4.78, 5) is 47.6. The molecule has 1 saturated carbocycles. The van der Waals surface area contributed by atoms with Gasteiger partial charge in [-0.3, -0.25) is 25.1 Å². The molecule has 2 N–H and O–H groups in total. The van der Waals surface area contributed by atoms with E-state index in [9.17, 15) is 24.5 Å². The Balaban J connectivity index is 1.69. The minimum Gasteiger partial charge on any atom is -0.322 e. The lowest BCUT2D eigenvalue weighted by molar-refractivity contribution is -0.385. The molecule has 1 spiro atoms. The third-order valence-corrected chi connectivity index (χ3v) is 5.07. The van der Waals surface area contributed by atoms with Gasteiger partial charge in [-0.25, -0.2) is 4.79 Å². The number of hydrogen-bond donors (Lipinski definition) is 2. The van der Waals surface area contributed by atoms with E-state index < -0.39 is 28.3 Å². The number of hydrazine groups is 1. The first-order valence-electron chi connectivity index (χ1n) is 8.51. The van der Waals surface area contributed by atoms with Gasteiger partial charge in [-0.05, 0) is 31.6 Å². The normalized spacial score (nSPS) is 25.3.